The van der Waals surface area contributed by atoms with Crippen LogP contribution in [0, 0.1) is 27.7 Å². The van der Waals surface area contributed by atoms with Gasteiger partial charge < -0.3 is 4.74 Å². The lowest BCUT2D eigenvalue weighted by Gasteiger charge is -2.11. The Balaban J connectivity index is 1.30. The van der Waals surface area contributed by atoms with Gasteiger partial charge in [-0.2, -0.15) is 10.2 Å². The Kier molecular flexibility index (Phi) is 6.25. The summed E-state index contributed by atoms with van der Waals surface area (Å²) in [6.45, 7) is 8.20. The van der Waals surface area contributed by atoms with E-state index in [4.69, 9.17) is 14.9 Å². The minimum Gasteiger partial charge on any atom is -0.457 e. The fraction of sp³-hybridized carbons (Fsp3) is 0.125. The summed E-state index contributed by atoms with van der Waals surface area (Å²) in [4.78, 5) is 8.55. The van der Waals surface area contributed by atoms with Crippen LogP contribution in [0.5, 0.6) is 11.5 Å². The highest BCUT2D eigenvalue weighted by Gasteiger charge is 2.17. The van der Waals surface area contributed by atoms with Crippen LogP contribution in [-0.4, -0.2) is 29.5 Å². The molecule has 0 radical (unpaired) electrons. The first-order chi connectivity index (χ1) is 19.0. The predicted octanol–water partition coefficient (Wildman–Crippen LogP) is 7.21. The summed E-state index contributed by atoms with van der Waals surface area (Å²) in [5.74, 6) is 1.45. The average Bonchev–Trinajstić information content (AvgIpc) is 3.43. The van der Waals surface area contributed by atoms with Crippen molar-refractivity contribution in [2.45, 2.75) is 27.7 Å². The Morgan fingerprint density at radius 2 is 1.03 bits per heavy atom. The Labute approximate surface area is 227 Å². The van der Waals surface area contributed by atoms with Gasteiger partial charge in [-0.05, 0) is 64.1 Å². The SMILES string of the molecule is Cc1nn(-c2cccc(Oc3cccc(-n4nc(C)c(-c5cccnc5)c4C)c3)c2)c(C)c1-c1cccnc1. The van der Waals surface area contributed by atoms with Gasteiger partial charge in [-0.25, -0.2) is 9.36 Å². The van der Waals surface area contributed by atoms with E-state index in [9.17, 15) is 0 Å². The molecule has 0 fully saturated rings. The standard InChI is InChI=1S/C32H28N6O/c1-21-31(25-9-7-15-33-19-25)23(3)37(35-21)27-11-5-13-29(17-27)39-30-14-6-12-28(18-30)38-24(4)32(22(2)36-38)26-10-8-16-34-20-26/h5-20H,1-4H3. The van der Waals surface area contributed by atoms with Crippen LogP contribution in [0.3, 0.4) is 0 Å². The normalized spacial score (nSPS) is 11.1. The quantitative estimate of drug-likeness (QED) is 0.236. The summed E-state index contributed by atoms with van der Waals surface area (Å²) < 4.78 is 10.2. The number of aryl methyl sites for hydroxylation is 2. The van der Waals surface area contributed by atoms with Gasteiger partial charge in [0.1, 0.15) is 11.5 Å². The molecule has 0 aliphatic heterocycles. The Hall–Kier alpha value is -5.04. The third kappa shape index (κ3) is 4.59. The highest BCUT2D eigenvalue weighted by molar-refractivity contribution is 5.69. The third-order valence-corrected chi connectivity index (χ3v) is 6.84. The molecule has 0 saturated carbocycles. The van der Waals surface area contributed by atoms with Crippen LogP contribution in [0.25, 0.3) is 33.6 Å². The molecule has 6 aromatic rings. The predicted molar refractivity (Wildman–Crippen MR) is 153 cm³/mol. The van der Waals surface area contributed by atoms with Crippen LogP contribution in [0.15, 0.2) is 97.6 Å². The smallest absolute Gasteiger partial charge is 0.129 e. The molecule has 0 saturated heterocycles. The lowest BCUT2D eigenvalue weighted by Crippen LogP contribution is -2.00. The molecule has 4 aromatic heterocycles. The van der Waals surface area contributed by atoms with Crippen molar-refractivity contribution in [2.24, 2.45) is 0 Å². The highest BCUT2D eigenvalue weighted by Crippen LogP contribution is 2.32. The monoisotopic (exact) mass is 512 g/mol. The maximum atomic E-state index is 6.32. The zero-order valence-corrected chi connectivity index (χ0v) is 22.3. The molecule has 4 heterocycles. The number of aromatic nitrogens is 6. The van der Waals surface area contributed by atoms with Crippen LogP contribution in [0.2, 0.25) is 0 Å². The maximum absolute atomic E-state index is 6.32. The zero-order valence-electron chi connectivity index (χ0n) is 22.3. The maximum Gasteiger partial charge on any atom is 0.129 e. The molecule has 0 atom stereocenters. The lowest BCUT2D eigenvalue weighted by atomic mass is 10.1. The van der Waals surface area contributed by atoms with Gasteiger partial charge in [0.2, 0.25) is 0 Å². The van der Waals surface area contributed by atoms with Gasteiger partial charge >= 0.3 is 0 Å². The van der Waals surface area contributed by atoms with Crippen LogP contribution in [0.4, 0.5) is 0 Å². The second-order valence-electron chi connectivity index (χ2n) is 9.50. The molecule has 7 heteroatoms. The van der Waals surface area contributed by atoms with Crippen molar-refractivity contribution in [2.75, 3.05) is 0 Å². The molecule has 192 valence electrons. The van der Waals surface area contributed by atoms with Gasteiger partial charge in [-0.1, -0.05) is 24.3 Å². The second-order valence-corrected chi connectivity index (χ2v) is 9.50. The summed E-state index contributed by atoms with van der Waals surface area (Å²) in [7, 11) is 0. The van der Waals surface area contributed by atoms with Crippen molar-refractivity contribution < 1.29 is 4.74 Å². The van der Waals surface area contributed by atoms with E-state index in [0.29, 0.717) is 0 Å². The minimum atomic E-state index is 0.726. The van der Waals surface area contributed by atoms with E-state index in [2.05, 4.69) is 35.9 Å². The molecule has 0 N–H and O–H groups in total. The van der Waals surface area contributed by atoms with E-state index in [1.165, 1.54) is 0 Å². The first kappa shape index (κ1) is 24.3. The van der Waals surface area contributed by atoms with Gasteiger partial charge in [0.05, 0.1) is 22.8 Å². The van der Waals surface area contributed by atoms with E-state index >= 15 is 0 Å². The van der Waals surface area contributed by atoms with Gasteiger partial charge in [-0.3, -0.25) is 9.97 Å². The molecule has 39 heavy (non-hydrogen) atoms. The van der Waals surface area contributed by atoms with Crippen molar-refractivity contribution >= 4 is 0 Å². The van der Waals surface area contributed by atoms with Gasteiger partial charge in [-0.15, -0.1) is 0 Å². The van der Waals surface area contributed by atoms with Gasteiger partial charge in [0.15, 0.2) is 0 Å². The summed E-state index contributed by atoms with van der Waals surface area (Å²) in [5, 5.41) is 9.64. The molecular weight excluding hydrogens is 484 g/mol. The van der Waals surface area contributed by atoms with Crippen LogP contribution >= 0.6 is 0 Å². The van der Waals surface area contributed by atoms with Crippen molar-refractivity contribution in [1.82, 2.24) is 29.5 Å². The van der Waals surface area contributed by atoms with E-state index in [1.807, 2.05) is 96.3 Å². The molecule has 6 rings (SSSR count). The summed E-state index contributed by atoms with van der Waals surface area (Å²) in [5.41, 5.74) is 10.2. The lowest BCUT2D eigenvalue weighted by molar-refractivity contribution is 0.481. The Morgan fingerprint density at radius 1 is 0.564 bits per heavy atom. The molecule has 7 nitrogen and oxygen atoms in total. The molecule has 0 amide bonds. The molecule has 0 aliphatic carbocycles. The van der Waals surface area contributed by atoms with Crippen LogP contribution in [-0.2, 0) is 0 Å². The van der Waals surface area contributed by atoms with E-state index in [0.717, 1.165) is 67.9 Å². The summed E-state index contributed by atoms with van der Waals surface area (Å²) in [6, 6.07) is 23.9. The van der Waals surface area contributed by atoms with Gasteiger partial charge in [0.25, 0.3) is 0 Å². The summed E-state index contributed by atoms with van der Waals surface area (Å²) >= 11 is 0. The molecule has 0 unspecified atom stereocenters. The largest absolute Gasteiger partial charge is 0.457 e. The number of hydrogen-bond acceptors (Lipinski definition) is 5. The molecule has 2 aromatic carbocycles. The fourth-order valence-corrected chi connectivity index (χ4v) is 5.14. The summed E-state index contributed by atoms with van der Waals surface area (Å²) in [6.07, 6.45) is 7.30. The first-order valence-corrected chi connectivity index (χ1v) is 12.8. The molecule has 0 spiro atoms. The number of rotatable bonds is 6. The number of hydrogen-bond donors (Lipinski definition) is 0. The minimum absolute atomic E-state index is 0.726. The van der Waals surface area contributed by atoms with Gasteiger partial charge in [0, 0.05) is 70.6 Å². The molecular formula is C32H28N6O. The highest BCUT2D eigenvalue weighted by atomic mass is 16.5. The first-order valence-electron chi connectivity index (χ1n) is 12.8. The van der Waals surface area contributed by atoms with Crippen molar-refractivity contribution in [3.63, 3.8) is 0 Å². The van der Waals surface area contributed by atoms with E-state index in [-0.39, 0.29) is 0 Å². The van der Waals surface area contributed by atoms with E-state index < -0.39 is 0 Å². The number of nitrogens with zero attached hydrogens (tertiary/aromatic N) is 6. The third-order valence-electron chi connectivity index (χ3n) is 6.84. The Morgan fingerprint density at radius 3 is 1.44 bits per heavy atom. The number of ether oxygens (including phenoxy) is 1. The number of pyridine rings is 2. The van der Waals surface area contributed by atoms with Crippen molar-refractivity contribution in [3.05, 3.63) is 120 Å². The average molecular weight is 513 g/mol. The number of benzene rings is 2. The second kappa shape index (κ2) is 10.0. The molecule has 0 aliphatic rings. The molecule has 0 bridgehead atoms. The zero-order chi connectivity index (χ0) is 26.9. The van der Waals surface area contributed by atoms with E-state index in [1.54, 1.807) is 12.4 Å². The topological polar surface area (TPSA) is 70.7 Å². The van der Waals surface area contributed by atoms with Crippen LogP contribution in [0.1, 0.15) is 22.8 Å². The van der Waals surface area contributed by atoms with Crippen molar-refractivity contribution in [1.29, 1.82) is 0 Å². The Bertz CT molecular complexity index is 1640. The van der Waals surface area contributed by atoms with Crippen LogP contribution < -0.4 is 4.74 Å². The fourth-order valence-electron chi connectivity index (χ4n) is 5.14. The van der Waals surface area contributed by atoms with Crippen molar-refractivity contribution in [3.8, 4) is 45.1 Å².